The van der Waals surface area contributed by atoms with Gasteiger partial charge in [-0.3, -0.25) is 9.69 Å². The Kier molecular flexibility index (Phi) is 5.26. The van der Waals surface area contributed by atoms with Crippen molar-refractivity contribution in [2.24, 2.45) is 5.92 Å². The predicted molar refractivity (Wildman–Crippen MR) is 97.9 cm³/mol. The highest BCUT2D eigenvalue weighted by Crippen LogP contribution is 2.29. The lowest BCUT2D eigenvalue weighted by atomic mass is 9.93. The van der Waals surface area contributed by atoms with Crippen molar-refractivity contribution in [3.05, 3.63) is 35.4 Å². The van der Waals surface area contributed by atoms with Crippen LogP contribution in [0.2, 0.25) is 0 Å². The standard InChI is InChI=1S/C20H31N3O/c1-4-15-5-7-16(8-6-15)18-14-21-10-12-23(18)11-9-17-13-20(2,3)22-19(17)24/h5-8,17-18,21H,4,9-14H2,1-3H3,(H,22,24). The second-order valence-corrected chi connectivity index (χ2v) is 7.91. The lowest BCUT2D eigenvalue weighted by molar-refractivity contribution is -0.123. The monoisotopic (exact) mass is 329 g/mol. The summed E-state index contributed by atoms with van der Waals surface area (Å²) in [6, 6.07) is 9.45. The summed E-state index contributed by atoms with van der Waals surface area (Å²) >= 11 is 0. The molecule has 1 amide bonds. The Hall–Kier alpha value is -1.39. The van der Waals surface area contributed by atoms with E-state index >= 15 is 0 Å². The van der Waals surface area contributed by atoms with Crippen LogP contribution >= 0.6 is 0 Å². The molecule has 1 aromatic rings. The van der Waals surface area contributed by atoms with Gasteiger partial charge in [0.15, 0.2) is 0 Å². The maximum atomic E-state index is 12.1. The van der Waals surface area contributed by atoms with Crippen molar-refractivity contribution in [2.45, 2.75) is 51.6 Å². The lowest BCUT2D eigenvalue weighted by Gasteiger charge is -2.37. The minimum atomic E-state index is -0.0411. The van der Waals surface area contributed by atoms with Gasteiger partial charge in [0.2, 0.25) is 5.91 Å². The number of aryl methyl sites for hydroxylation is 1. The van der Waals surface area contributed by atoms with Crippen molar-refractivity contribution in [1.82, 2.24) is 15.5 Å². The quantitative estimate of drug-likeness (QED) is 0.872. The zero-order valence-corrected chi connectivity index (χ0v) is 15.3. The van der Waals surface area contributed by atoms with Gasteiger partial charge >= 0.3 is 0 Å². The molecule has 0 spiro atoms. The summed E-state index contributed by atoms with van der Waals surface area (Å²) in [6.07, 6.45) is 2.99. The van der Waals surface area contributed by atoms with Gasteiger partial charge in [-0.15, -0.1) is 0 Å². The highest BCUT2D eigenvalue weighted by atomic mass is 16.2. The largest absolute Gasteiger partial charge is 0.351 e. The molecule has 0 saturated carbocycles. The van der Waals surface area contributed by atoms with E-state index in [9.17, 15) is 4.79 Å². The van der Waals surface area contributed by atoms with E-state index in [0.29, 0.717) is 6.04 Å². The highest BCUT2D eigenvalue weighted by Gasteiger charge is 2.37. The van der Waals surface area contributed by atoms with Crippen molar-refractivity contribution in [1.29, 1.82) is 0 Å². The zero-order chi connectivity index (χ0) is 17.2. The summed E-state index contributed by atoms with van der Waals surface area (Å²) in [4.78, 5) is 14.7. The van der Waals surface area contributed by atoms with Gasteiger partial charge in [0, 0.05) is 37.1 Å². The van der Waals surface area contributed by atoms with Gasteiger partial charge in [-0.1, -0.05) is 31.2 Å². The van der Waals surface area contributed by atoms with Crippen LogP contribution in [-0.4, -0.2) is 42.5 Å². The molecule has 0 aromatic heterocycles. The molecule has 4 nitrogen and oxygen atoms in total. The normalized spacial score (nSPS) is 27.2. The van der Waals surface area contributed by atoms with E-state index in [2.05, 4.69) is 60.6 Å². The van der Waals surface area contributed by atoms with Gasteiger partial charge in [0.1, 0.15) is 0 Å². The Morgan fingerprint density at radius 2 is 2.00 bits per heavy atom. The molecular formula is C20H31N3O. The van der Waals surface area contributed by atoms with Crippen LogP contribution in [0.3, 0.4) is 0 Å². The molecule has 4 heteroatoms. The highest BCUT2D eigenvalue weighted by molar-refractivity contribution is 5.81. The number of carbonyl (C=O) groups excluding carboxylic acids is 1. The Morgan fingerprint density at radius 3 is 2.62 bits per heavy atom. The molecule has 0 radical (unpaired) electrons. The summed E-state index contributed by atoms with van der Waals surface area (Å²) in [5, 5.41) is 6.64. The van der Waals surface area contributed by atoms with Gasteiger partial charge in [-0.05, 0) is 50.8 Å². The molecule has 24 heavy (non-hydrogen) atoms. The third-order valence-electron chi connectivity index (χ3n) is 5.48. The number of amides is 1. The Labute approximate surface area is 146 Å². The Balaban J connectivity index is 1.63. The van der Waals surface area contributed by atoms with E-state index in [-0.39, 0.29) is 17.4 Å². The number of piperazine rings is 1. The second-order valence-electron chi connectivity index (χ2n) is 7.91. The third-order valence-corrected chi connectivity index (χ3v) is 5.48. The lowest BCUT2D eigenvalue weighted by Crippen LogP contribution is -2.46. The molecule has 1 aromatic carbocycles. The van der Waals surface area contributed by atoms with Crippen molar-refractivity contribution < 1.29 is 4.79 Å². The summed E-state index contributed by atoms with van der Waals surface area (Å²) in [5.41, 5.74) is 2.73. The molecule has 132 valence electrons. The first kappa shape index (κ1) is 17.4. The molecule has 2 aliphatic heterocycles. The second kappa shape index (κ2) is 7.24. The number of nitrogens with zero attached hydrogens (tertiary/aromatic N) is 1. The molecule has 0 aliphatic carbocycles. The Bertz CT molecular complexity index is 567. The number of benzene rings is 1. The summed E-state index contributed by atoms with van der Waals surface area (Å²) < 4.78 is 0. The van der Waals surface area contributed by atoms with Gasteiger partial charge in [0.25, 0.3) is 0 Å². The smallest absolute Gasteiger partial charge is 0.223 e. The predicted octanol–water partition coefficient (Wildman–Crippen LogP) is 2.50. The molecule has 2 atom stereocenters. The average molecular weight is 329 g/mol. The minimum Gasteiger partial charge on any atom is -0.351 e. The summed E-state index contributed by atoms with van der Waals surface area (Å²) in [7, 11) is 0. The van der Waals surface area contributed by atoms with Crippen molar-refractivity contribution in [3.63, 3.8) is 0 Å². The maximum Gasteiger partial charge on any atom is 0.223 e. The van der Waals surface area contributed by atoms with Crippen LogP contribution in [0.4, 0.5) is 0 Å². The van der Waals surface area contributed by atoms with Crippen molar-refractivity contribution >= 4 is 5.91 Å². The first-order valence-electron chi connectivity index (χ1n) is 9.34. The fraction of sp³-hybridized carbons (Fsp3) is 0.650. The first-order chi connectivity index (χ1) is 11.5. The fourth-order valence-corrected chi connectivity index (χ4v) is 4.07. The van der Waals surface area contributed by atoms with E-state index in [1.54, 1.807) is 0 Å². The van der Waals surface area contributed by atoms with Gasteiger partial charge in [0.05, 0.1) is 0 Å². The van der Waals surface area contributed by atoms with Crippen LogP contribution in [-0.2, 0) is 11.2 Å². The van der Waals surface area contributed by atoms with Crippen LogP contribution in [0.5, 0.6) is 0 Å². The molecule has 3 rings (SSSR count). The summed E-state index contributed by atoms with van der Waals surface area (Å²) in [5.74, 6) is 0.400. The van der Waals surface area contributed by atoms with E-state index < -0.39 is 0 Å². The Morgan fingerprint density at radius 1 is 1.25 bits per heavy atom. The van der Waals surface area contributed by atoms with Crippen molar-refractivity contribution in [3.8, 4) is 0 Å². The van der Waals surface area contributed by atoms with Crippen LogP contribution in [0.15, 0.2) is 24.3 Å². The van der Waals surface area contributed by atoms with Crippen LogP contribution in [0.25, 0.3) is 0 Å². The number of nitrogens with one attached hydrogen (secondary N) is 2. The molecule has 0 bridgehead atoms. The van der Waals surface area contributed by atoms with E-state index in [0.717, 1.165) is 45.4 Å². The van der Waals surface area contributed by atoms with E-state index in [1.807, 2.05) is 0 Å². The zero-order valence-electron chi connectivity index (χ0n) is 15.3. The fourth-order valence-electron chi connectivity index (χ4n) is 4.07. The van der Waals surface area contributed by atoms with Gasteiger partial charge in [-0.25, -0.2) is 0 Å². The van der Waals surface area contributed by atoms with Crippen LogP contribution < -0.4 is 10.6 Å². The number of hydrogen-bond donors (Lipinski definition) is 2. The summed E-state index contributed by atoms with van der Waals surface area (Å²) in [6.45, 7) is 10.5. The van der Waals surface area contributed by atoms with Crippen LogP contribution in [0, 0.1) is 5.92 Å². The van der Waals surface area contributed by atoms with Gasteiger partial charge in [-0.2, -0.15) is 0 Å². The average Bonchev–Trinajstić information content (AvgIpc) is 2.85. The SMILES string of the molecule is CCc1ccc(C2CNCCN2CCC2CC(C)(C)NC2=O)cc1. The van der Waals surface area contributed by atoms with E-state index in [4.69, 9.17) is 0 Å². The first-order valence-corrected chi connectivity index (χ1v) is 9.34. The molecule has 2 saturated heterocycles. The molecule has 2 aliphatic rings. The number of carbonyl (C=O) groups is 1. The maximum absolute atomic E-state index is 12.1. The topological polar surface area (TPSA) is 44.4 Å². The number of rotatable bonds is 5. The van der Waals surface area contributed by atoms with Crippen LogP contribution in [0.1, 0.15) is 50.8 Å². The number of hydrogen-bond acceptors (Lipinski definition) is 3. The molecular weight excluding hydrogens is 298 g/mol. The minimum absolute atomic E-state index is 0.0411. The van der Waals surface area contributed by atoms with E-state index in [1.165, 1.54) is 11.1 Å². The third kappa shape index (κ3) is 3.98. The molecule has 2 fully saturated rings. The molecule has 2 N–H and O–H groups in total. The molecule has 2 unspecified atom stereocenters. The van der Waals surface area contributed by atoms with Crippen molar-refractivity contribution in [2.75, 3.05) is 26.2 Å². The van der Waals surface area contributed by atoms with Gasteiger partial charge < -0.3 is 10.6 Å². The molecule has 2 heterocycles.